The molecule has 0 aliphatic carbocycles. The van der Waals surface area contributed by atoms with Crippen LogP contribution in [-0.2, 0) is 14.8 Å². The monoisotopic (exact) mass is 360 g/mol. The van der Waals surface area contributed by atoms with Gasteiger partial charge < -0.3 is 9.64 Å². The summed E-state index contributed by atoms with van der Waals surface area (Å²) in [6.45, 7) is 8.68. The van der Waals surface area contributed by atoms with Gasteiger partial charge in [0.1, 0.15) is 0 Å². The predicted octanol–water partition coefficient (Wildman–Crippen LogP) is 3.25. The lowest BCUT2D eigenvalue weighted by molar-refractivity contribution is 0.122. The molecule has 1 N–H and O–H groups in total. The summed E-state index contributed by atoms with van der Waals surface area (Å²) in [7, 11) is -3.62. The molecule has 0 amide bonds. The fourth-order valence-electron chi connectivity index (χ4n) is 3.04. The molecule has 5 nitrogen and oxygen atoms in total. The number of morpholine rings is 1. The zero-order valence-corrected chi connectivity index (χ0v) is 15.7. The van der Waals surface area contributed by atoms with Crippen LogP contribution in [0.15, 0.2) is 41.3 Å². The quantitative estimate of drug-likeness (QED) is 0.909. The summed E-state index contributed by atoms with van der Waals surface area (Å²) in [4.78, 5) is 2.52. The number of nitrogens with zero attached hydrogens (tertiary/aromatic N) is 1. The number of aryl methyl sites for hydroxylation is 3. The van der Waals surface area contributed by atoms with Crippen LogP contribution in [0, 0.1) is 20.8 Å². The second-order valence-corrected chi connectivity index (χ2v) is 8.12. The van der Waals surface area contributed by atoms with Gasteiger partial charge in [-0.05, 0) is 50.1 Å². The van der Waals surface area contributed by atoms with Gasteiger partial charge in [-0.1, -0.05) is 23.8 Å². The summed E-state index contributed by atoms with van der Waals surface area (Å²) < 4.78 is 33.8. The average Bonchev–Trinajstić information content (AvgIpc) is 2.57. The second-order valence-electron chi connectivity index (χ2n) is 6.47. The van der Waals surface area contributed by atoms with E-state index in [1.54, 1.807) is 6.07 Å². The number of anilines is 2. The Hall–Kier alpha value is -2.05. The molecular formula is C19H24N2O3S. The first kappa shape index (κ1) is 17.8. The minimum Gasteiger partial charge on any atom is -0.378 e. The molecule has 25 heavy (non-hydrogen) atoms. The lowest BCUT2D eigenvalue weighted by Gasteiger charge is -2.29. The summed E-state index contributed by atoms with van der Waals surface area (Å²) in [6.07, 6.45) is 0. The van der Waals surface area contributed by atoms with Crippen molar-refractivity contribution in [3.8, 4) is 0 Å². The SMILES string of the molecule is Cc1ccc(S(=O)(=O)Nc2cc(N3CCOCC3)ccc2C)c(C)c1. The van der Waals surface area contributed by atoms with E-state index in [0.717, 1.165) is 35.5 Å². The van der Waals surface area contributed by atoms with Crippen LogP contribution in [0.5, 0.6) is 0 Å². The second kappa shape index (κ2) is 7.06. The third-order valence-electron chi connectivity index (χ3n) is 4.46. The van der Waals surface area contributed by atoms with Gasteiger partial charge >= 0.3 is 0 Å². The van der Waals surface area contributed by atoms with E-state index in [9.17, 15) is 8.42 Å². The third kappa shape index (κ3) is 3.96. The maximum Gasteiger partial charge on any atom is 0.262 e. The van der Waals surface area contributed by atoms with Gasteiger partial charge in [0.15, 0.2) is 0 Å². The van der Waals surface area contributed by atoms with E-state index in [2.05, 4.69) is 9.62 Å². The Labute approximate surface area is 149 Å². The molecule has 1 aliphatic rings. The van der Waals surface area contributed by atoms with E-state index in [-0.39, 0.29) is 0 Å². The minimum atomic E-state index is -3.62. The molecule has 0 unspecified atom stereocenters. The number of benzene rings is 2. The Balaban J connectivity index is 1.90. The van der Waals surface area contributed by atoms with Crippen molar-refractivity contribution in [1.29, 1.82) is 0 Å². The maximum absolute atomic E-state index is 12.8. The van der Waals surface area contributed by atoms with Crippen LogP contribution in [0.4, 0.5) is 11.4 Å². The molecule has 3 rings (SSSR count). The van der Waals surface area contributed by atoms with Gasteiger partial charge in [0.25, 0.3) is 10.0 Å². The summed E-state index contributed by atoms with van der Waals surface area (Å²) >= 11 is 0. The Morgan fingerprint density at radius 2 is 1.68 bits per heavy atom. The van der Waals surface area contributed by atoms with Gasteiger partial charge in [-0.2, -0.15) is 0 Å². The molecule has 2 aromatic rings. The largest absolute Gasteiger partial charge is 0.378 e. The topological polar surface area (TPSA) is 58.6 Å². The number of nitrogens with one attached hydrogen (secondary N) is 1. The fraction of sp³-hybridized carbons (Fsp3) is 0.368. The number of hydrogen-bond acceptors (Lipinski definition) is 4. The number of ether oxygens (including phenoxy) is 1. The van der Waals surface area contributed by atoms with E-state index in [1.807, 2.05) is 51.1 Å². The van der Waals surface area contributed by atoms with Crippen molar-refractivity contribution in [2.24, 2.45) is 0 Å². The smallest absolute Gasteiger partial charge is 0.262 e. The van der Waals surface area contributed by atoms with Gasteiger partial charge in [-0.25, -0.2) is 8.42 Å². The Morgan fingerprint density at radius 3 is 2.36 bits per heavy atom. The Bertz CT molecular complexity index is 872. The molecule has 6 heteroatoms. The van der Waals surface area contributed by atoms with E-state index < -0.39 is 10.0 Å². The van der Waals surface area contributed by atoms with Crippen LogP contribution in [0.1, 0.15) is 16.7 Å². The molecule has 0 bridgehead atoms. The third-order valence-corrected chi connectivity index (χ3v) is 5.99. The molecule has 1 saturated heterocycles. The molecule has 0 saturated carbocycles. The zero-order valence-electron chi connectivity index (χ0n) is 14.9. The molecule has 0 atom stereocenters. The van der Waals surface area contributed by atoms with E-state index in [0.29, 0.717) is 23.8 Å². The first-order chi connectivity index (χ1) is 11.9. The molecule has 1 aliphatic heterocycles. The fourth-order valence-corrected chi connectivity index (χ4v) is 4.39. The molecular weight excluding hydrogens is 336 g/mol. The lowest BCUT2D eigenvalue weighted by atomic mass is 10.1. The normalized spacial score (nSPS) is 15.2. The first-order valence-corrected chi connectivity index (χ1v) is 9.88. The van der Waals surface area contributed by atoms with Crippen LogP contribution < -0.4 is 9.62 Å². The van der Waals surface area contributed by atoms with Crippen molar-refractivity contribution in [1.82, 2.24) is 0 Å². The molecule has 0 spiro atoms. The molecule has 134 valence electrons. The number of sulfonamides is 1. The highest BCUT2D eigenvalue weighted by atomic mass is 32.2. The van der Waals surface area contributed by atoms with Crippen molar-refractivity contribution in [2.75, 3.05) is 35.9 Å². The van der Waals surface area contributed by atoms with Crippen molar-refractivity contribution in [3.63, 3.8) is 0 Å². The summed E-state index contributed by atoms with van der Waals surface area (Å²) in [6, 6.07) is 11.2. The highest BCUT2D eigenvalue weighted by Gasteiger charge is 2.19. The minimum absolute atomic E-state index is 0.314. The average molecular weight is 360 g/mol. The molecule has 0 aromatic heterocycles. The molecule has 2 aromatic carbocycles. The van der Waals surface area contributed by atoms with E-state index in [1.165, 1.54) is 0 Å². The zero-order chi connectivity index (χ0) is 18.0. The van der Waals surface area contributed by atoms with E-state index >= 15 is 0 Å². The number of hydrogen-bond donors (Lipinski definition) is 1. The molecule has 0 radical (unpaired) electrons. The number of rotatable bonds is 4. The molecule has 1 heterocycles. The molecule has 1 fully saturated rings. The van der Waals surface area contributed by atoms with Crippen LogP contribution in [0.25, 0.3) is 0 Å². The van der Waals surface area contributed by atoms with Gasteiger partial charge in [-0.15, -0.1) is 0 Å². The van der Waals surface area contributed by atoms with Crippen molar-refractivity contribution in [2.45, 2.75) is 25.7 Å². The van der Waals surface area contributed by atoms with Crippen LogP contribution >= 0.6 is 0 Å². The van der Waals surface area contributed by atoms with Crippen molar-refractivity contribution >= 4 is 21.4 Å². The maximum atomic E-state index is 12.8. The lowest BCUT2D eigenvalue weighted by Crippen LogP contribution is -2.36. The Morgan fingerprint density at radius 1 is 0.960 bits per heavy atom. The van der Waals surface area contributed by atoms with Gasteiger partial charge in [-0.3, -0.25) is 4.72 Å². The predicted molar refractivity (Wildman–Crippen MR) is 101 cm³/mol. The standard InChI is InChI=1S/C19H24N2O3S/c1-14-4-7-19(16(3)12-14)25(22,23)20-18-13-17(6-5-15(18)2)21-8-10-24-11-9-21/h4-7,12-13,20H,8-11H2,1-3H3. The van der Waals surface area contributed by atoms with Gasteiger partial charge in [0.05, 0.1) is 23.8 Å². The summed E-state index contributed by atoms with van der Waals surface area (Å²) in [5, 5.41) is 0. The highest BCUT2D eigenvalue weighted by Crippen LogP contribution is 2.27. The van der Waals surface area contributed by atoms with Gasteiger partial charge in [0, 0.05) is 18.8 Å². The van der Waals surface area contributed by atoms with E-state index in [4.69, 9.17) is 4.74 Å². The van der Waals surface area contributed by atoms with Crippen LogP contribution in [0.3, 0.4) is 0 Å². The van der Waals surface area contributed by atoms with Crippen LogP contribution in [0.2, 0.25) is 0 Å². The first-order valence-electron chi connectivity index (χ1n) is 8.40. The van der Waals surface area contributed by atoms with Crippen molar-refractivity contribution < 1.29 is 13.2 Å². The van der Waals surface area contributed by atoms with Gasteiger partial charge in [0.2, 0.25) is 0 Å². The van der Waals surface area contributed by atoms with Crippen molar-refractivity contribution in [3.05, 3.63) is 53.1 Å². The highest BCUT2D eigenvalue weighted by molar-refractivity contribution is 7.92. The Kier molecular flexibility index (Phi) is 5.01. The summed E-state index contributed by atoms with van der Waals surface area (Å²) in [5.41, 5.74) is 4.30. The van der Waals surface area contributed by atoms with Crippen LogP contribution in [-0.4, -0.2) is 34.7 Å². The summed E-state index contributed by atoms with van der Waals surface area (Å²) in [5.74, 6) is 0.